The molecule has 0 aliphatic rings. The van der Waals surface area contributed by atoms with Gasteiger partial charge in [0.1, 0.15) is 5.75 Å². The zero-order chi connectivity index (χ0) is 23.5. The van der Waals surface area contributed by atoms with Crippen LogP contribution in [-0.2, 0) is 14.8 Å². The Morgan fingerprint density at radius 1 is 0.812 bits per heavy atom. The van der Waals surface area contributed by atoms with Crippen LogP contribution in [0.3, 0.4) is 0 Å². The quantitative estimate of drug-likeness (QED) is 0.526. The highest BCUT2D eigenvalue weighted by Gasteiger charge is 2.16. The smallest absolute Gasteiger partial charge is 0.262 e. The zero-order valence-electron chi connectivity index (χ0n) is 18.9. The summed E-state index contributed by atoms with van der Waals surface area (Å²) >= 11 is 0. The summed E-state index contributed by atoms with van der Waals surface area (Å²) in [5, 5.41) is 2.88. The van der Waals surface area contributed by atoms with Crippen LogP contribution in [0.15, 0.2) is 59.5 Å². The number of aryl methyl sites for hydroxylation is 5. The molecule has 0 atom stereocenters. The molecule has 3 rings (SSSR count). The average molecular weight is 453 g/mol. The SMILES string of the molecule is Cc1cc(C)c(NC(=O)COc2ccc(S(=O)(=O)Nc3cc(C)ccc3C)cc2)c(C)c1. The molecule has 0 fully saturated rings. The van der Waals surface area contributed by atoms with Gasteiger partial charge in [-0.3, -0.25) is 9.52 Å². The van der Waals surface area contributed by atoms with Gasteiger partial charge in [0.2, 0.25) is 0 Å². The minimum absolute atomic E-state index is 0.112. The van der Waals surface area contributed by atoms with E-state index in [4.69, 9.17) is 4.74 Å². The Morgan fingerprint density at radius 2 is 1.44 bits per heavy atom. The number of sulfonamides is 1. The maximum Gasteiger partial charge on any atom is 0.262 e. The highest BCUT2D eigenvalue weighted by Crippen LogP contribution is 2.24. The van der Waals surface area contributed by atoms with Crippen LogP contribution in [0.4, 0.5) is 11.4 Å². The summed E-state index contributed by atoms with van der Waals surface area (Å²) in [6.07, 6.45) is 0. The molecule has 0 saturated heterocycles. The van der Waals surface area contributed by atoms with Crippen molar-refractivity contribution in [3.05, 3.63) is 82.4 Å². The molecule has 0 radical (unpaired) electrons. The molecular formula is C25H28N2O4S. The number of ether oxygens (including phenoxy) is 1. The standard InChI is InChI=1S/C25H28N2O4S/c1-16-6-7-18(3)23(14-16)27-32(29,30)22-10-8-21(9-11-22)31-15-24(28)26-25-19(4)12-17(2)13-20(25)5/h6-14,27H,15H2,1-5H3,(H,26,28). The van der Waals surface area contributed by atoms with Crippen LogP contribution in [0.2, 0.25) is 0 Å². The maximum atomic E-state index is 12.7. The van der Waals surface area contributed by atoms with Crippen molar-refractivity contribution in [2.24, 2.45) is 0 Å². The molecule has 2 N–H and O–H groups in total. The Morgan fingerprint density at radius 3 is 2.06 bits per heavy atom. The van der Waals surface area contributed by atoms with Gasteiger partial charge in [-0.1, -0.05) is 29.8 Å². The molecule has 0 heterocycles. The van der Waals surface area contributed by atoms with Crippen LogP contribution < -0.4 is 14.8 Å². The molecule has 32 heavy (non-hydrogen) atoms. The first kappa shape index (κ1) is 23.3. The van der Waals surface area contributed by atoms with Crippen LogP contribution in [0.1, 0.15) is 27.8 Å². The van der Waals surface area contributed by atoms with Gasteiger partial charge < -0.3 is 10.1 Å². The van der Waals surface area contributed by atoms with Crippen molar-refractivity contribution in [3.8, 4) is 5.75 Å². The summed E-state index contributed by atoms with van der Waals surface area (Å²) in [7, 11) is -3.74. The number of amides is 1. The van der Waals surface area contributed by atoms with E-state index >= 15 is 0 Å². The Bertz CT molecular complexity index is 1230. The van der Waals surface area contributed by atoms with E-state index < -0.39 is 10.0 Å². The second-order valence-electron chi connectivity index (χ2n) is 8.01. The molecule has 0 spiro atoms. The summed E-state index contributed by atoms with van der Waals surface area (Å²) in [5.41, 5.74) is 6.24. The molecule has 168 valence electrons. The molecule has 0 unspecified atom stereocenters. The summed E-state index contributed by atoms with van der Waals surface area (Å²) in [5.74, 6) is 0.122. The third kappa shape index (κ3) is 5.68. The molecule has 0 aliphatic carbocycles. The lowest BCUT2D eigenvalue weighted by atomic mass is 10.1. The van der Waals surface area contributed by atoms with Crippen molar-refractivity contribution >= 4 is 27.3 Å². The molecule has 3 aromatic rings. The van der Waals surface area contributed by atoms with Crippen molar-refractivity contribution in [2.45, 2.75) is 39.5 Å². The fourth-order valence-electron chi connectivity index (χ4n) is 3.47. The number of rotatable bonds is 7. The summed E-state index contributed by atoms with van der Waals surface area (Å²) < 4.78 is 33.6. The van der Waals surface area contributed by atoms with E-state index in [1.807, 2.05) is 58.9 Å². The van der Waals surface area contributed by atoms with Crippen LogP contribution in [0.25, 0.3) is 0 Å². The third-order valence-corrected chi connectivity index (χ3v) is 6.46. The van der Waals surface area contributed by atoms with Crippen LogP contribution >= 0.6 is 0 Å². The number of hydrogen-bond donors (Lipinski definition) is 2. The maximum absolute atomic E-state index is 12.7. The normalized spacial score (nSPS) is 11.2. The lowest BCUT2D eigenvalue weighted by molar-refractivity contribution is -0.118. The Kier molecular flexibility index (Phi) is 6.89. The molecule has 6 nitrogen and oxygen atoms in total. The second kappa shape index (κ2) is 9.44. The Labute approximate surface area is 189 Å². The van der Waals surface area contributed by atoms with Gasteiger partial charge in [-0.25, -0.2) is 8.42 Å². The average Bonchev–Trinajstić information content (AvgIpc) is 2.72. The second-order valence-corrected chi connectivity index (χ2v) is 9.69. The molecule has 0 saturated carbocycles. The third-order valence-electron chi connectivity index (χ3n) is 5.08. The van der Waals surface area contributed by atoms with E-state index in [2.05, 4.69) is 10.0 Å². The molecule has 0 bridgehead atoms. The first-order valence-electron chi connectivity index (χ1n) is 10.3. The lowest BCUT2D eigenvalue weighted by Gasteiger charge is -2.14. The van der Waals surface area contributed by atoms with Gasteiger partial charge in [0.15, 0.2) is 6.61 Å². The number of carbonyl (C=O) groups is 1. The molecule has 0 aliphatic heterocycles. The van der Waals surface area contributed by atoms with E-state index in [0.29, 0.717) is 11.4 Å². The van der Waals surface area contributed by atoms with E-state index in [-0.39, 0.29) is 17.4 Å². The number of hydrogen-bond acceptors (Lipinski definition) is 4. The Balaban J connectivity index is 1.63. The predicted molar refractivity (Wildman–Crippen MR) is 128 cm³/mol. The fourth-order valence-corrected chi connectivity index (χ4v) is 4.59. The first-order valence-corrected chi connectivity index (χ1v) is 11.7. The van der Waals surface area contributed by atoms with Gasteiger partial charge in [0.25, 0.3) is 15.9 Å². The van der Waals surface area contributed by atoms with Crippen LogP contribution in [0, 0.1) is 34.6 Å². The highest BCUT2D eigenvalue weighted by molar-refractivity contribution is 7.92. The lowest BCUT2D eigenvalue weighted by Crippen LogP contribution is -2.21. The molecule has 1 amide bonds. The number of benzene rings is 3. The molecule has 0 aromatic heterocycles. The fraction of sp³-hybridized carbons (Fsp3) is 0.240. The van der Waals surface area contributed by atoms with E-state index in [9.17, 15) is 13.2 Å². The van der Waals surface area contributed by atoms with Crippen molar-refractivity contribution in [1.29, 1.82) is 0 Å². The summed E-state index contributed by atoms with van der Waals surface area (Å²) in [6, 6.07) is 15.6. The molecule has 7 heteroatoms. The van der Waals surface area contributed by atoms with Crippen molar-refractivity contribution in [1.82, 2.24) is 0 Å². The van der Waals surface area contributed by atoms with E-state index in [0.717, 1.165) is 33.5 Å². The van der Waals surface area contributed by atoms with Crippen molar-refractivity contribution in [2.75, 3.05) is 16.6 Å². The number of carbonyl (C=O) groups excluding carboxylic acids is 1. The predicted octanol–water partition coefficient (Wildman–Crippen LogP) is 5.05. The summed E-state index contributed by atoms with van der Waals surface area (Å²) in [6.45, 7) is 9.47. The van der Waals surface area contributed by atoms with Gasteiger partial charge in [-0.15, -0.1) is 0 Å². The van der Waals surface area contributed by atoms with Crippen LogP contribution in [0.5, 0.6) is 5.75 Å². The van der Waals surface area contributed by atoms with Crippen molar-refractivity contribution in [3.63, 3.8) is 0 Å². The van der Waals surface area contributed by atoms with Gasteiger partial charge >= 0.3 is 0 Å². The van der Waals surface area contributed by atoms with Gasteiger partial charge in [-0.05, 0) is 87.2 Å². The number of nitrogens with one attached hydrogen (secondary N) is 2. The highest BCUT2D eigenvalue weighted by atomic mass is 32.2. The van der Waals surface area contributed by atoms with Crippen LogP contribution in [-0.4, -0.2) is 20.9 Å². The van der Waals surface area contributed by atoms with Gasteiger partial charge in [0.05, 0.1) is 10.6 Å². The zero-order valence-corrected chi connectivity index (χ0v) is 19.8. The first-order chi connectivity index (χ1) is 15.0. The Hall–Kier alpha value is -3.32. The number of anilines is 2. The van der Waals surface area contributed by atoms with Gasteiger partial charge in [0, 0.05) is 5.69 Å². The monoisotopic (exact) mass is 452 g/mol. The van der Waals surface area contributed by atoms with E-state index in [1.165, 1.54) is 24.3 Å². The summed E-state index contributed by atoms with van der Waals surface area (Å²) in [4.78, 5) is 12.4. The largest absolute Gasteiger partial charge is 0.484 e. The molecular weight excluding hydrogens is 424 g/mol. The van der Waals surface area contributed by atoms with Gasteiger partial charge in [-0.2, -0.15) is 0 Å². The van der Waals surface area contributed by atoms with Crippen molar-refractivity contribution < 1.29 is 17.9 Å². The molecule has 3 aromatic carbocycles. The van der Waals surface area contributed by atoms with E-state index in [1.54, 1.807) is 6.07 Å². The minimum atomic E-state index is -3.74. The topological polar surface area (TPSA) is 84.5 Å². The minimum Gasteiger partial charge on any atom is -0.484 e.